The van der Waals surface area contributed by atoms with Gasteiger partial charge >= 0.3 is 0 Å². The Bertz CT molecular complexity index is 540. The van der Waals surface area contributed by atoms with E-state index >= 15 is 0 Å². The average molecular weight is 230 g/mol. The molecule has 2 rings (SSSR count). The molecule has 4 heteroatoms. The number of rotatable bonds is 3. The normalized spacial score (nSPS) is 12.1. The number of ether oxygens (including phenoxy) is 1. The monoisotopic (exact) mass is 230 g/mol. The first-order chi connectivity index (χ1) is 8.20. The molecule has 4 nitrogen and oxygen atoms in total. The zero-order chi connectivity index (χ0) is 12.3. The molecule has 1 amide bonds. The van der Waals surface area contributed by atoms with Gasteiger partial charge in [0.15, 0.2) is 6.10 Å². The minimum absolute atomic E-state index is 0.349. The van der Waals surface area contributed by atoms with Crippen LogP contribution in [0.3, 0.4) is 0 Å². The fourth-order valence-electron chi connectivity index (χ4n) is 1.62. The van der Waals surface area contributed by atoms with E-state index in [2.05, 4.69) is 5.43 Å². The summed E-state index contributed by atoms with van der Waals surface area (Å²) in [5.41, 5.74) is 2.06. The van der Waals surface area contributed by atoms with E-state index in [-0.39, 0.29) is 5.91 Å². The van der Waals surface area contributed by atoms with Gasteiger partial charge < -0.3 is 4.74 Å². The minimum Gasteiger partial charge on any atom is -0.481 e. The number of nitrogens with two attached hydrogens (primary N) is 1. The second kappa shape index (κ2) is 4.84. The topological polar surface area (TPSA) is 64.3 Å². The summed E-state index contributed by atoms with van der Waals surface area (Å²) >= 11 is 0. The molecule has 0 aromatic heterocycles. The van der Waals surface area contributed by atoms with Gasteiger partial charge in [-0.1, -0.05) is 30.3 Å². The summed E-state index contributed by atoms with van der Waals surface area (Å²) in [6, 6.07) is 13.6. The first-order valence-electron chi connectivity index (χ1n) is 5.36. The average Bonchev–Trinajstić information content (AvgIpc) is 2.37. The standard InChI is InChI=1S/C13H14N2O2/c1-9(13(16)15-14)17-12-7-6-10-4-2-3-5-11(10)8-12/h2-9H,14H2,1H3,(H,15,16). The smallest absolute Gasteiger partial charge is 0.274 e. The molecule has 0 bridgehead atoms. The van der Waals surface area contributed by atoms with Crippen LogP contribution in [0.4, 0.5) is 0 Å². The van der Waals surface area contributed by atoms with Gasteiger partial charge in [-0.25, -0.2) is 5.84 Å². The van der Waals surface area contributed by atoms with Gasteiger partial charge in [-0.15, -0.1) is 0 Å². The lowest BCUT2D eigenvalue weighted by Crippen LogP contribution is -2.40. The van der Waals surface area contributed by atoms with Crippen LogP contribution in [0.5, 0.6) is 5.75 Å². The van der Waals surface area contributed by atoms with E-state index < -0.39 is 6.10 Å². The number of hydrogen-bond donors (Lipinski definition) is 2. The maximum atomic E-state index is 11.2. The number of carbonyl (C=O) groups is 1. The highest BCUT2D eigenvalue weighted by Gasteiger charge is 2.12. The molecular weight excluding hydrogens is 216 g/mol. The number of nitrogens with one attached hydrogen (secondary N) is 1. The number of benzene rings is 2. The molecule has 1 atom stereocenters. The fraction of sp³-hybridized carbons (Fsp3) is 0.154. The first kappa shape index (κ1) is 11.4. The molecule has 0 aliphatic rings. The van der Waals surface area contributed by atoms with Crippen molar-refractivity contribution in [3.63, 3.8) is 0 Å². The minimum atomic E-state index is -0.610. The molecular formula is C13H14N2O2. The quantitative estimate of drug-likeness (QED) is 0.478. The summed E-state index contributed by atoms with van der Waals surface area (Å²) in [5, 5.41) is 2.21. The lowest BCUT2D eigenvalue weighted by atomic mass is 10.1. The number of carbonyl (C=O) groups excluding carboxylic acids is 1. The van der Waals surface area contributed by atoms with Gasteiger partial charge in [-0.2, -0.15) is 0 Å². The lowest BCUT2D eigenvalue weighted by Gasteiger charge is -2.13. The predicted octanol–water partition coefficient (Wildman–Crippen LogP) is 1.60. The number of hydrazine groups is 1. The van der Waals surface area contributed by atoms with Crippen molar-refractivity contribution in [2.75, 3.05) is 0 Å². The van der Waals surface area contributed by atoms with E-state index in [1.54, 1.807) is 6.92 Å². The molecule has 2 aromatic carbocycles. The molecule has 1 unspecified atom stereocenters. The third kappa shape index (κ3) is 2.54. The van der Waals surface area contributed by atoms with Crippen LogP contribution in [-0.4, -0.2) is 12.0 Å². The highest BCUT2D eigenvalue weighted by atomic mass is 16.5. The van der Waals surface area contributed by atoms with E-state index in [1.165, 1.54) is 0 Å². The van der Waals surface area contributed by atoms with Crippen molar-refractivity contribution in [2.24, 2.45) is 5.84 Å². The van der Waals surface area contributed by atoms with E-state index in [0.717, 1.165) is 10.8 Å². The maximum Gasteiger partial charge on any atom is 0.274 e. The molecule has 0 fully saturated rings. The summed E-state index contributed by atoms with van der Waals surface area (Å²) in [5.74, 6) is 5.34. The summed E-state index contributed by atoms with van der Waals surface area (Å²) in [7, 11) is 0. The van der Waals surface area contributed by atoms with Crippen LogP contribution in [0.2, 0.25) is 0 Å². The summed E-state index contributed by atoms with van der Waals surface area (Å²) in [4.78, 5) is 11.2. The van der Waals surface area contributed by atoms with Crippen LogP contribution in [-0.2, 0) is 4.79 Å². The van der Waals surface area contributed by atoms with E-state index in [1.807, 2.05) is 42.5 Å². The van der Waals surface area contributed by atoms with Crippen molar-refractivity contribution in [1.82, 2.24) is 5.43 Å². The van der Waals surface area contributed by atoms with Gasteiger partial charge in [0.25, 0.3) is 5.91 Å². The number of fused-ring (bicyclic) bond motifs is 1. The van der Waals surface area contributed by atoms with Crippen molar-refractivity contribution in [3.05, 3.63) is 42.5 Å². The van der Waals surface area contributed by atoms with Crippen molar-refractivity contribution in [1.29, 1.82) is 0 Å². The van der Waals surface area contributed by atoms with Crippen LogP contribution in [0.25, 0.3) is 10.8 Å². The number of amides is 1. The van der Waals surface area contributed by atoms with Crippen molar-refractivity contribution < 1.29 is 9.53 Å². The molecule has 0 saturated heterocycles. The Morgan fingerprint density at radius 1 is 1.24 bits per heavy atom. The highest BCUT2D eigenvalue weighted by molar-refractivity contribution is 5.84. The second-order valence-electron chi connectivity index (χ2n) is 3.78. The van der Waals surface area contributed by atoms with Gasteiger partial charge in [0.1, 0.15) is 5.75 Å². The van der Waals surface area contributed by atoms with E-state index in [4.69, 9.17) is 10.6 Å². The molecule has 2 aromatic rings. The molecule has 3 N–H and O–H groups in total. The molecule has 17 heavy (non-hydrogen) atoms. The Kier molecular flexibility index (Phi) is 3.25. The van der Waals surface area contributed by atoms with Gasteiger partial charge in [0, 0.05) is 0 Å². The zero-order valence-electron chi connectivity index (χ0n) is 9.51. The van der Waals surface area contributed by atoms with Crippen molar-refractivity contribution >= 4 is 16.7 Å². The Morgan fingerprint density at radius 3 is 2.65 bits per heavy atom. The Balaban J connectivity index is 2.22. The largest absolute Gasteiger partial charge is 0.481 e. The van der Waals surface area contributed by atoms with Crippen LogP contribution in [0.15, 0.2) is 42.5 Å². The molecule has 0 radical (unpaired) electrons. The molecule has 0 saturated carbocycles. The molecule has 88 valence electrons. The van der Waals surface area contributed by atoms with Crippen LogP contribution in [0, 0.1) is 0 Å². The molecule has 0 spiro atoms. The van der Waals surface area contributed by atoms with Gasteiger partial charge in [-0.05, 0) is 29.8 Å². The Labute approximate surface area is 99.3 Å². The molecule has 0 aliphatic heterocycles. The third-order valence-electron chi connectivity index (χ3n) is 2.55. The maximum absolute atomic E-state index is 11.2. The van der Waals surface area contributed by atoms with Crippen LogP contribution >= 0.6 is 0 Å². The fourth-order valence-corrected chi connectivity index (χ4v) is 1.62. The summed E-state index contributed by atoms with van der Waals surface area (Å²) < 4.78 is 5.48. The molecule has 0 aliphatic carbocycles. The summed E-state index contributed by atoms with van der Waals surface area (Å²) in [6.45, 7) is 1.65. The number of hydrogen-bond acceptors (Lipinski definition) is 3. The zero-order valence-corrected chi connectivity index (χ0v) is 9.51. The SMILES string of the molecule is CC(Oc1ccc2ccccc2c1)C(=O)NN. The van der Waals surface area contributed by atoms with Crippen molar-refractivity contribution in [2.45, 2.75) is 13.0 Å². The van der Waals surface area contributed by atoms with Crippen LogP contribution < -0.4 is 16.0 Å². The first-order valence-corrected chi connectivity index (χ1v) is 5.36. The van der Waals surface area contributed by atoms with Crippen molar-refractivity contribution in [3.8, 4) is 5.75 Å². The van der Waals surface area contributed by atoms with Crippen LogP contribution in [0.1, 0.15) is 6.92 Å². The second-order valence-corrected chi connectivity index (χ2v) is 3.78. The van der Waals surface area contributed by atoms with Gasteiger partial charge in [0.2, 0.25) is 0 Å². The highest BCUT2D eigenvalue weighted by Crippen LogP contribution is 2.21. The Morgan fingerprint density at radius 2 is 1.94 bits per heavy atom. The van der Waals surface area contributed by atoms with Gasteiger partial charge in [-0.3, -0.25) is 10.2 Å². The third-order valence-corrected chi connectivity index (χ3v) is 2.55. The van der Waals surface area contributed by atoms with Gasteiger partial charge in [0.05, 0.1) is 0 Å². The van der Waals surface area contributed by atoms with E-state index in [0.29, 0.717) is 5.75 Å². The van der Waals surface area contributed by atoms with E-state index in [9.17, 15) is 4.79 Å². The summed E-state index contributed by atoms with van der Waals surface area (Å²) in [6.07, 6.45) is -0.610. The Hall–Kier alpha value is -2.07. The molecule has 0 heterocycles. The predicted molar refractivity (Wildman–Crippen MR) is 66.4 cm³/mol. The lowest BCUT2D eigenvalue weighted by molar-refractivity contribution is -0.127.